The average Bonchev–Trinajstić information content (AvgIpc) is 3.34. The molecule has 8 nitrogen and oxygen atoms in total. The number of halogens is 1. The number of nitrogens with zero attached hydrogens (tertiary/aromatic N) is 3. The van der Waals surface area contributed by atoms with Gasteiger partial charge in [-0.05, 0) is 30.7 Å². The van der Waals surface area contributed by atoms with E-state index in [1.165, 1.54) is 17.9 Å². The number of nitrogens with one attached hydrogen (secondary N) is 1. The summed E-state index contributed by atoms with van der Waals surface area (Å²) in [5.41, 5.74) is 1.60. The predicted octanol–water partition coefficient (Wildman–Crippen LogP) is 1.81. The molecule has 1 aromatic rings. The number of carbonyl (C=O) groups is 3. The summed E-state index contributed by atoms with van der Waals surface area (Å²) in [4.78, 5) is 40.3. The quantitative estimate of drug-likeness (QED) is 0.815. The van der Waals surface area contributed by atoms with Crippen LogP contribution in [0, 0.1) is 5.82 Å². The van der Waals surface area contributed by atoms with Crippen molar-refractivity contribution in [1.82, 2.24) is 15.1 Å². The summed E-state index contributed by atoms with van der Waals surface area (Å²) in [5, 5.41) is 2.61. The first-order valence-corrected chi connectivity index (χ1v) is 9.66. The number of fused-ring (bicyclic) bond motifs is 1. The van der Waals surface area contributed by atoms with Gasteiger partial charge in [0.15, 0.2) is 0 Å². The van der Waals surface area contributed by atoms with Crippen LogP contribution in [-0.4, -0.2) is 72.7 Å². The first-order chi connectivity index (χ1) is 13.9. The van der Waals surface area contributed by atoms with Crippen molar-refractivity contribution in [1.29, 1.82) is 0 Å². The Morgan fingerprint density at radius 2 is 2.10 bits per heavy atom. The van der Waals surface area contributed by atoms with Crippen LogP contribution < -0.4 is 10.2 Å². The molecular formula is C20H23FN4O4. The van der Waals surface area contributed by atoms with Crippen molar-refractivity contribution in [2.75, 3.05) is 37.6 Å². The molecule has 0 aromatic heterocycles. The Bertz CT molecular complexity index is 902. The average molecular weight is 402 g/mol. The first-order valence-electron chi connectivity index (χ1n) is 9.66. The van der Waals surface area contributed by atoms with Gasteiger partial charge in [0, 0.05) is 32.1 Å². The number of cyclic esters (lactones) is 1. The molecule has 29 heavy (non-hydrogen) atoms. The second-order valence-electron chi connectivity index (χ2n) is 7.43. The van der Waals surface area contributed by atoms with E-state index in [0.717, 1.165) is 5.57 Å². The van der Waals surface area contributed by atoms with Crippen LogP contribution in [0.2, 0.25) is 0 Å². The normalized spacial score (nSPS) is 23.4. The monoisotopic (exact) mass is 402 g/mol. The SMILES string of the molecule is CCN1CC2C=C(c3ccc(N4C[C@H](CNC(C)=O)OC4=O)cc3F)CN2C1=O. The minimum absolute atomic E-state index is 0.0224. The van der Waals surface area contributed by atoms with E-state index < -0.39 is 18.0 Å². The Morgan fingerprint density at radius 3 is 2.76 bits per heavy atom. The Morgan fingerprint density at radius 1 is 1.31 bits per heavy atom. The van der Waals surface area contributed by atoms with Crippen molar-refractivity contribution in [3.05, 3.63) is 35.7 Å². The molecule has 154 valence electrons. The van der Waals surface area contributed by atoms with Gasteiger partial charge in [-0.2, -0.15) is 0 Å². The van der Waals surface area contributed by atoms with E-state index in [0.29, 0.717) is 30.9 Å². The zero-order valence-corrected chi connectivity index (χ0v) is 16.4. The van der Waals surface area contributed by atoms with Gasteiger partial charge in [0.05, 0.1) is 24.8 Å². The van der Waals surface area contributed by atoms with Crippen molar-refractivity contribution in [2.24, 2.45) is 0 Å². The summed E-state index contributed by atoms with van der Waals surface area (Å²) in [6.45, 7) is 5.43. The Labute approximate surface area is 167 Å². The number of ether oxygens (including phenoxy) is 1. The van der Waals surface area contributed by atoms with Gasteiger partial charge in [-0.25, -0.2) is 14.0 Å². The van der Waals surface area contributed by atoms with E-state index in [1.54, 1.807) is 21.9 Å². The molecule has 2 saturated heterocycles. The number of anilines is 1. The van der Waals surface area contributed by atoms with E-state index in [4.69, 9.17) is 4.74 Å². The van der Waals surface area contributed by atoms with E-state index >= 15 is 0 Å². The fraction of sp³-hybridized carbons (Fsp3) is 0.450. The minimum atomic E-state index is -0.571. The van der Waals surface area contributed by atoms with Crippen molar-refractivity contribution >= 4 is 29.3 Å². The molecule has 2 fully saturated rings. The second-order valence-corrected chi connectivity index (χ2v) is 7.43. The highest BCUT2D eigenvalue weighted by Crippen LogP contribution is 2.33. The predicted molar refractivity (Wildman–Crippen MR) is 104 cm³/mol. The highest BCUT2D eigenvalue weighted by atomic mass is 19.1. The third kappa shape index (κ3) is 3.52. The molecule has 4 rings (SSSR count). The van der Waals surface area contributed by atoms with Crippen molar-refractivity contribution < 1.29 is 23.5 Å². The molecule has 3 aliphatic heterocycles. The Balaban J connectivity index is 1.47. The van der Waals surface area contributed by atoms with Gasteiger partial charge in [-0.15, -0.1) is 0 Å². The van der Waals surface area contributed by atoms with Crippen LogP contribution >= 0.6 is 0 Å². The maximum absolute atomic E-state index is 14.9. The van der Waals surface area contributed by atoms with E-state index in [9.17, 15) is 18.8 Å². The molecule has 0 saturated carbocycles. The van der Waals surface area contributed by atoms with Crippen LogP contribution in [0.4, 0.5) is 19.7 Å². The highest BCUT2D eigenvalue weighted by molar-refractivity contribution is 5.90. The van der Waals surface area contributed by atoms with Crippen molar-refractivity contribution in [3.63, 3.8) is 0 Å². The number of benzene rings is 1. The molecule has 0 spiro atoms. The molecule has 0 bridgehead atoms. The smallest absolute Gasteiger partial charge is 0.414 e. The zero-order valence-electron chi connectivity index (χ0n) is 16.4. The van der Waals surface area contributed by atoms with Gasteiger partial charge in [0.1, 0.15) is 11.9 Å². The molecule has 4 amide bonds. The van der Waals surface area contributed by atoms with Gasteiger partial charge in [-0.1, -0.05) is 6.08 Å². The molecule has 0 aliphatic carbocycles. The van der Waals surface area contributed by atoms with Gasteiger partial charge < -0.3 is 19.9 Å². The fourth-order valence-electron chi connectivity index (χ4n) is 3.99. The standard InChI is InChI=1S/C20H23FN4O4/c1-3-23-10-15-6-13(9-24(15)19(23)27)17-5-4-14(7-18(17)21)25-11-16(29-20(25)28)8-22-12(2)26/h4-7,15-16H,3,8-11H2,1-2H3,(H,22,26)/t15?,16-/m0/s1. The number of urea groups is 1. The maximum atomic E-state index is 14.9. The number of carbonyl (C=O) groups excluding carboxylic acids is 3. The van der Waals surface area contributed by atoms with Crippen LogP contribution in [-0.2, 0) is 9.53 Å². The van der Waals surface area contributed by atoms with Crippen LogP contribution in [0.15, 0.2) is 24.3 Å². The topological polar surface area (TPSA) is 82.2 Å². The third-order valence-electron chi connectivity index (χ3n) is 5.50. The number of rotatable bonds is 5. The Hall–Kier alpha value is -3.10. The molecule has 1 N–H and O–H groups in total. The summed E-state index contributed by atoms with van der Waals surface area (Å²) in [5.74, 6) is -0.659. The van der Waals surface area contributed by atoms with Crippen LogP contribution in [0.3, 0.4) is 0 Å². The van der Waals surface area contributed by atoms with Crippen LogP contribution in [0.25, 0.3) is 5.57 Å². The first kappa shape index (κ1) is 19.2. The van der Waals surface area contributed by atoms with Crippen molar-refractivity contribution in [2.45, 2.75) is 26.0 Å². The largest absolute Gasteiger partial charge is 0.442 e. The molecule has 0 radical (unpaired) electrons. The van der Waals surface area contributed by atoms with Crippen molar-refractivity contribution in [3.8, 4) is 0 Å². The lowest BCUT2D eigenvalue weighted by atomic mass is 10.0. The second kappa shape index (κ2) is 7.38. The third-order valence-corrected chi connectivity index (χ3v) is 5.50. The molecule has 9 heteroatoms. The summed E-state index contributed by atoms with van der Waals surface area (Å²) >= 11 is 0. The van der Waals surface area contributed by atoms with Gasteiger partial charge in [0.2, 0.25) is 5.91 Å². The number of likely N-dealkylation sites (N-methyl/N-ethyl adjacent to an activating group) is 1. The zero-order chi connectivity index (χ0) is 20.7. The summed E-state index contributed by atoms with van der Waals surface area (Å²) in [6.07, 6.45) is 0.893. The van der Waals surface area contributed by atoms with Gasteiger partial charge >= 0.3 is 12.1 Å². The number of amides is 4. The van der Waals surface area contributed by atoms with E-state index in [-0.39, 0.29) is 31.1 Å². The molecule has 3 aliphatic rings. The van der Waals surface area contributed by atoms with Crippen LogP contribution in [0.5, 0.6) is 0 Å². The highest BCUT2D eigenvalue weighted by Gasteiger charge is 2.40. The molecule has 1 aromatic carbocycles. The Kier molecular flexibility index (Phi) is 4.89. The molecule has 2 atom stereocenters. The summed E-state index contributed by atoms with van der Waals surface area (Å²) < 4.78 is 20.1. The van der Waals surface area contributed by atoms with E-state index in [1.807, 2.05) is 13.0 Å². The lowest BCUT2D eigenvalue weighted by Gasteiger charge is -2.17. The summed E-state index contributed by atoms with van der Waals surface area (Å²) in [7, 11) is 0. The lowest BCUT2D eigenvalue weighted by molar-refractivity contribution is -0.119. The number of hydrogen-bond donors (Lipinski definition) is 1. The molecule has 1 unspecified atom stereocenters. The minimum Gasteiger partial charge on any atom is -0.442 e. The molecule has 3 heterocycles. The lowest BCUT2D eigenvalue weighted by Crippen LogP contribution is -2.33. The number of hydrogen-bond acceptors (Lipinski definition) is 4. The van der Waals surface area contributed by atoms with E-state index in [2.05, 4.69) is 5.32 Å². The van der Waals surface area contributed by atoms with Gasteiger partial charge in [0.25, 0.3) is 0 Å². The van der Waals surface area contributed by atoms with Gasteiger partial charge in [-0.3, -0.25) is 9.69 Å². The summed E-state index contributed by atoms with van der Waals surface area (Å²) in [6, 6.07) is 4.56. The maximum Gasteiger partial charge on any atom is 0.414 e. The van der Waals surface area contributed by atoms with Crippen LogP contribution in [0.1, 0.15) is 19.4 Å². The molecular weight excluding hydrogens is 379 g/mol. The fourth-order valence-corrected chi connectivity index (χ4v) is 3.99.